The van der Waals surface area contributed by atoms with Crippen LogP contribution in [0.25, 0.3) is 11.0 Å². The van der Waals surface area contributed by atoms with E-state index in [9.17, 15) is 0 Å². The standard InChI is InChI=1S/C13H18N2/c1-3-5-10-15-12-9-7-6-8-11(12)14-13(15)4-2/h6-9H,3-5,10H2,1-2H3. The molecule has 2 rings (SSSR count). The second-order valence-electron chi connectivity index (χ2n) is 3.88. The van der Waals surface area contributed by atoms with Gasteiger partial charge in [0, 0.05) is 13.0 Å². The fourth-order valence-corrected chi connectivity index (χ4v) is 1.96. The molecule has 0 fully saturated rings. The van der Waals surface area contributed by atoms with E-state index in [0.717, 1.165) is 18.5 Å². The molecule has 80 valence electrons. The third-order valence-corrected chi connectivity index (χ3v) is 2.79. The van der Waals surface area contributed by atoms with Gasteiger partial charge in [-0.2, -0.15) is 0 Å². The van der Waals surface area contributed by atoms with Crippen LogP contribution in [-0.4, -0.2) is 9.55 Å². The summed E-state index contributed by atoms with van der Waals surface area (Å²) in [6.07, 6.45) is 3.47. The summed E-state index contributed by atoms with van der Waals surface area (Å²) in [7, 11) is 0. The summed E-state index contributed by atoms with van der Waals surface area (Å²) >= 11 is 0. The Morgan fingerprint density at radius 3 is 2.73 bits per heavy atom. The highest BCUT2D eigenvalue weighted by atomic mass is 15.1. The molecular formula is C13H18N2. The molecule has 1 aromatic heterocycles. The van der Waals surface area contributed by atoms with Gasteiger partial charge in [0.15, 0.2) is 0 Å². The first-order valence-electron chi connectivity index (χ1n) is 5.81. The maximum atomic E-state index is 4.65. The molecule has 0 spiro atoms. The monoisotopic (exact) mass is 202 g/mol. The van der Waals surface area contributed by atoms with Crippen molar-refractivity contribution in [2.24, 2.45) is 0 Å². The lowest BCUT2D eigenvalue weighted by Crippen LogP contribution is -2.02. The number of aromatic nitrogens is 2. The molecule has 1 heterocycles. The molecule has 0 saturated heterocycles. The van der Waals surface area contributed by atoms with Crippen molar-refractivity contribution in [3.63, 3.8) is 0 Å². The van der Waals surface area contributed by atoms with E-state index in [0.29, 0.717) is 0 Å². The molecule has 2 aromatic rings. The highest BCUT2D eigenvalue weighted by Crippen LogP contribution is 2.17. The van der Waals surface area contributed by atoms with Gasteiger partial charge in [-0.05, 0) is 18.6 Å². The average molecular weight is 202 g/mol. The summed E-state index contributed by atoms with van der Waals surface area (Å²) in [5.41, 5.74) is 2.41. The molecule has 0 aliphatic carbocycles. The van der Waals surface area contributed by atoms with Crippen LogP contribution in [0.3, 0.4) is 0 Å². The minimum atomic E-state index is 1.01. The molecule has 0 unspecified atom stereocenters. The first-order chi connectivity index (χ1) is 7.36. The van der Waals surface area contributed by atoms with Crippen LogP contribution in [0.5, 0.6) is 0 Å². The largest absolute Gasteiger partial charge is 0.328 e. The van der Waals surface area contributed by atoms with Gasteiger partial charge in [-0.3, -0.25) is 0 Å². The predicted octanol–water partition coefficient (Wildman–Crippen LogP) is 3.40. The molecule has 1 aromatic carbocycles. The van der Waals surface area contributed by atoms with Crippen LogP contribution >= 0.6 is 0 Å². The third kappa shape index (κ3) is 1.89. The lowest BCUT2D eigenvalue weighted by atomic mass is 10.3. The summed E-state index contributed by atoms with van der Waals surface area (Å²) in [6.45, 7) is 5.49. The first kappa shape index (κ1) is 10.2. The van der Waals surface area contributed by atoms with Crippen LogP contribution < -0.4 is 0 Å². The van der Waals surface area contributed by atoms with Crippen molar-refractivity contribution in [2.45, 2.75) is 39.7 Å². The number of rotatable bonds is 4. The van der Waals surface area contributed by atoms with E-state index in [-0.39, 0.29) is 0 Å². The number of benzene rings is 1. The molecule has 0 saturated carbocycles. The van der Waals surface area contributed by atoms with Crippen molar-refractivity contribution in [1.29, 1.82) is 0 Å². The second kappa shape index (κ2) is 4.47. The van der Waals surface area contributed by atoms with Crippen LogP contribution in [0.1, 0.15) is 32.5 Å². The third-order valence-electron chi connectivity index (χ3n) is 2.79. The van der Waals surface area contributed by atoms with Crippen LogP contribution in [0.2, 0.25) is 0 Å². The number of hydrogen-bond acceptors (Lipinski definition) is 1. The molecular weight excluding hydrogens is 184 g/mol. The highest BCUT2D eigenvalue weighted by molar-refractivity contribution is 5.75. The fraction of sp³-hybridized carbons (Fsp3) is 0.462. The smallest absolute Gasteiger partial charge is 0.109 e. The van der Waals surface area contributed by atoms with Gasteiger partial charge < -0.3 is 4.57 Å². The Morgan fingerprint density at radius 2 is 2.00 bits per heavy atom. The Bertz CT molecular complexity index is 443. The molecule has 15 heavy (non-hydrogen) atoms. The molecule has 0 aliphatic heterocycles. The molecule has 0 amide bonds. The molecule has 0 radical (unpaired) electrons. The summed E-state index contributed by atoms with van der Waals surface area (Å²) < 4.78 is 2.36. The van der Waals surface area contributed by atoms with Crippen molar-refractivity contribution in [2.75, 3.05) is 0 Å². The zero-order valence-corrected chi connectivity index (χ0v) is 9.53. The van der Waals surface area contributed by atoms with E-state index in [1.807, 2.05) is 0 Å². The van der Waals surface area contributed by atoms with Crippen LogP contribution in [-0.2, 0) is 13.0 Å². The normalized spacial score (nSPS) is 11.1. The molecule has 0 N–H and O–H groups in total. The molecule has 0 bridgehead atoms. The molecule has 0 aliphatic rings. The summed E-state index contributed by atoms with van der Waals surface area (Å²) in [5, 5.41) is 0. The summed E-state index contributed by atoms with van der Waals surface area (Å²) in [4.78, 5) is 4.65. The van der Waals surface area contributed by atoms with Crippen molar-refractivity contribution in [3.05, 3.63) is 30.1 Å². The maximum absolute atomic E-state index is 4.65. The molecule has 0 atom stereocenters. The van der Waals surface area contributed by atoms with Gasteiger partial charge >= 0.3 is 0 Å². The number of imidazole rings is 1. The van der Waals surface area contributed by atoms with Crippen molar-refractivity contribution < 1.29 is 0 Å². The zero-order valence-electron chi connectivity index (χ0n) is 9.53. The van der Waals surface area contributed by atoms with E-state index in [4.69, 9.17) is 0 Å². The Kier molecular flexibility index (Phi) is 3.05. The van der Waals surface area contributed by atoms with Crippen molar-refractivity contribution >= 4 is 11.0 Å². The van der Waals surface area contributed by atoms with Gasteiger partial charge in [-0.1, -0.05) is 32.4 Å². The van der Waals surface area contributed by atoms with E-state index in [1.54, 1.807) is 0 Å². The Hall–Kier alpha value is -1.31. The number of hydrogen-bond donors (Lipinski definition) is 0. The minimum absolute atomic E-state index is 1.01. The number of aryl methyl sites for hydroxylation is 2. The SMILES string of the molecule is CCCCn1c(CC)nc2ccccc21. The van der Waals surface area contributed by atoms with Gasteiger partial charge in [0.2, 0.25) is 0 Å². The van der Waals surface area contributed by atoms with E-state index < -0.39 is 0 Å². The van der Waals surface area contributed by atoms with E-state index in [2.05, 4.69) is 47.7 Å². The molecule has 2 heteroatoms. The lowest BCUT2D eigenvalue weighted by Gasteiger charge is -2.06. The van der Waals surface area contributed by atoms with Crippen LogP contribution in [0.15, 0.2) is 24.3 Å². The lowest BCUT2D eigenvalue weighted by molar-refractivity contribution is 0.620. The number of fused-ring (bicyclic) bond motifs is 1. The minimum Gasteiger partial charge on any atom is -0.328 e. The zero-order chi connectivity index (χ0) is 10.7. The number of unbranched alkanes of at least 4 members (excludes halogenated alkanes) is 1. The Morgan fingerprint density at radius 1 is 1.20 bits per heavy atom. The fourth-order valence-electron chi connectivity index (χ4n) is 1.96. The van der Waals surface area contributed by atoms with Gasteiger partial charge in [-0.15, -0.1) is 0 Å². The van der Waals surface area contributed by atoms with Gasteiger partial charge in [0.25, 0.3) is 0 Å². The van der Waals surface area contributed by atoms with E-state index in [1.165, 1.54) is 24.2 Å². The topological polar surface area (TPSA) is 17.8 Å². The first-order valence-corrected chi connectivity index (χ1v) is 5.81. The number of para-hydroxylation sites is 2. The molecule has 2 nitrogen and oxygen atoms in total. The van der Waals surface area contributed by atoms with Crippen molar-refractivity contribution in [3.8, 4) is 0 Å². The van der Waals surface area contributed by atoms with Crippen LogP contribution in [0.4, 0.5) is 0 Å². The average Bonchev–Trinajstić information content (AvgIpc) is 2.64. The quantitative estimate of drug-likeness (QED) is 0.743. The van der Waals surface area contributed by atoms with Crippen molar-refractivity contribution in [1.82, 2.24) is 9.55 Å². The second-order valence-corrected chi connectivity index (χ2v) is 3.88. The Balaban J connectivity index is 2.47. The summed E-state index contributed by atoms with van der Waals surface area (Å²) in [5.74, 6) is 1.21. The van der Waals surface area contributed by atoms with Gasteiger partial charge in [0.1, 0.15) is 5.82 Å². The predicted molar refractivity (Wildman–Crippen MR) is 64.0 cm³/mol. The summed E-state index contributed by atoms with van der Waals surface area (Å²) in [6, 6.07) is 8.40. The highest BCUT2D eigenvalue weighted by Gasteiger charge is 2.07. The van der Waals surface area contributed by atoms with Crippen LogP contribution in [0, 0.1) is 0 Å². The maximum Gasteiger partial charge on any atom is 0.109 e. The van der Waals surface area contributed by atoms with Gasteiger partial charge in [0.05, 0.1) is 11.0 Å². The number of nitrogens with zero attached hydrogens (tertiary/aromatic N) is 2. The van der Waals surface area contributed by atoms with Gasteiger partial charge in [-0.25, -0.2) is 4.98 Å². The Labute approximate surface area is 90.9 Å². The van der Waals surface area contributed by atoms with E-state index >= 15 is 0 Å².